The van der Waals surface area contributed by atoms with Crippen LogP contribution in [0, 0.1) is 6.92 Å². The van der Waals surface area contributed by atoms with Crippen LogP contribution in [-0.2, 0) is 6.18 Å². The van der Waals surface area contributed by atoms with Gasteiger partial charge in [0.05, 0.1) is 16.8 Å². The lowest BCUT2D eigenvalue weighted by Gasteiger charge is -2.06. The predicted octanol–water partition coefficient (Wildman–Crippen LogP) is 1.85. The summed E-state index contributed by atoms with van der Waals surface area (Å²) < 4.78 is 37.3. The second-order valence-corrected chi connectivity index (χ2v) is 2.83. The molecule has 0 fully saturated rings. The summed E-state index contributed by atoms with van der Waals surface area (Å²) >= 11 is 0. The third kappa shape index (κ3) is 1.85. The average Bonchev–Trinajstić information content (AvgIpc) is 2.41. The fourth-order valence-corrected chi connectivity index (χ4v) is 1.30. The molecule has 15 heavy (non-hydrogen) atoms. The van der Waals surface area contributed by atoms with E-state index >= 15 is 0 Å². The first-order valence-electron chi connectivity index (χ1n) is 3.77. The molecule has 1 heterocycles. The zero-order valence-corrected chi connectivity index (χ0v) is 7.47. The van der Waals surface area contributed by atoms with E-state index in [0.29, 0.717) is 0 Å². The van der Waals surface area contributed by atoms with Crippen molar-refractivity contribution in [3.8, 4) is 0 Å². The van der Waals surface area contributed by atoms with Gasteiger partial charge in [-0.2, -0.15) is 13.2 Å². The molecule has 0 aliphatic carbocycles. The van der Waals surface area contributed by atoms with Crippen LogP contribution >= 0.6 is 0 Å². The van der Waals surface area contributed by atoms with Gasteiger partial charge in [-0.05, 0) is 6.92 Å². The number of nitrogens with one attached hydrogen (secondary N) is 1. The smallest absolute Gasteiger partial charge is 0.419 e. The molecular weight excluding hydrogens is 215 g/mol. The van der Waals surface area contributed by atoms with Crippen molar-refractivity contribution < 1.29 is 27.9 Å². The molecule has 0 amide bonds. The Hall–Kier alpha value is -1.79. The number of aldehydes is 1. The molecule has 1 rings (SSSR count). The maximum absolute atomic E-state index is 12.4. The Morgan fingerprint density at radius 3 is 2.33 bits per heavy atom. The number of rotatable bonds is 2. The number of carbonyl (C=O) groups is 2. The summed E-state index contributed by atoms with van der Waals surface area (Å²) in [5, 5.41) is 8.58. The second-order valence-electron chi connectivity index (χ2n) is 2.83. The number of aromatic amines is 1. The van der Waals surface area contributed by atoms with Crippen molar-refractivity contribution in [1.29, 1.82) is 0 Å². The maximum atomic E-state index is 12.4. The number of H-pyrrole nitrogens is 1. The summed E-state index contributed by atoms with van der Waals surface area (Å²) in [4.78, 5) is 23.0. The lowest BCUT2D eigenvalue weighted by atomic mass is 10.1. The van der Waals surface area contributed by atoms with Gasteiger partial charge in [0.1, 0.15) is 0 Å². The third-order valence-corrected chi connectivity index (χ3v) is 1.83. The van der Waals surface area contributed by atoms with Gasteiger partial charge >= 0.3 is 12.1 Å². The van der Waals surface area contributed by atoms with E-state index in [-0.39, 0.29) is 12.0 Å². The van der Waals surface area contributed by atoms with Crippen molar-refractivity contribution in [2.24, 2.45) is 0 Å². The first-order valence-corrected chi connectivity index (χ1v) is 3.77. The van der Waals surface area contributed by atoms with Crippen LogP contribution in [0.4, 0.5) is 13.2 Å². The molecule has 2 N–H and O–H groups in total. The molecule has 1 aromatic rings. The number of hydrogen-bond donors (Lipinski definition) is 2. The minimum Gasteiger partial charge on any atom is -0.478 e. The Labute approximate surface area is 81.7 Å². The van der Waals surface area contributed by atoms with Crippen LogP contribution in [0.5, 0.6) is 0 Å². The lowest BCUT2D eigenvalue weighted by molar-refractivity contribution is -0.138. The van der Waals surface area contributed by atoms with Gasteiger partial charge in [-0.3, -0.25) is 4.79 Å². The van der Waals surface area contributed by atoms with Crippen LogP contribution in [0.1, 0.15) is 32.1 Å². The van der Waals surface area contributed by atoms with Gasteiger partial charge in [-0.25, -0.2) is 4.79 Å². The van der Waals surface area contributed by atoms with Gasteiger partial charge in [0.25, 0.3) is 0 Å². The highest BCUT2D eigenvalue weighted by atomic mass is 19.4. The Morgan fingerprint density at radius 2 is 2.00 bits per heavy atom. The average molecular weight is 221 g/mol. The molecule has 0 bridgehead atoms. The second kappa shape index (κ2) is 3.41. The monoisotopic (exact) mass is 221 g/mol. The number of carboxylic acid groups (broad SMARTS) is 1. The quantitative estimate of drug-likeness (QED) is 0.748. The molecule has 7 heteroatoms. The van der Waals surface area contributed by atoms with Crippen LogP contribution in [0.3, 0.4) is 0 Å². The van der Waals surface area contributed by atoms with Gasteiger partial charge in [0.2, 0.25) is 0 Å². The zero-order chi connectivity index (χ0) is 11.8. The summed E-state index contributed by atoms with van der Waals surface area (Å²) in [5.41, 5.74) is -3.30. The fraction of sp³-hybridized carbons (Fsp3) is 0.250. The molecule has 1 aromatic heterocycles. The Kier molecular flexibility index (Phi) is 2.57. The molecular formula is C8H6F3NO3. The predicted molar refractivity (Wildman–Crippen MR) is 42.9 cm³/mol. The van der Waals surface area contributed by atoms with Crippen molar-refractivity contribution in [3.63, 3.8) is 0 Å². The van der Waals surface area contributed by atoms with Gasteiger partial charge in [-0.1, -0.05) is 0 Å². The van der Waals surface area contributed by atoms with Crippen molar-refractivity contribution in [1.82, 2.24) is 4.98 Å². The number of carboxylic acids is 1. The highest BCUT2D eigenvalue weighted by molar-refractivity contribution is 5.94. The number of alkyl halides is 3. The Morgan fingerprint density at radius 1 is 1.47 bits per heavy atom. The summed E-state index contributed by atoms with van der Waals surface area (Å²) in [6.07, 6.45) is -4.92. The van der Waals surface area contributed by atoms with Gasteiger partial charge < -0.3 is 10.1 Å². The summed E-state index contributed by atoms with van der Waals surface area (Å²) in [6, 6.07) is 0. The zero-order valence-electron chi connectivity index (χ0n) is 7.47. The van der Waals surface area contributed by atoms with E-state index in [1.54, 1.807) is 0 Å². The minimum absolute atomic E-state index is 0.0533. The van der Waals surface area contributed by atoms with E-state index in [9.17, 15) is 22.8 Å². The molecule has 0 spiro atoms. The van der Waals surface area contributed by atoms with E-state index in [1.165, 1.54) is 0 Å². The SMILES string of the molecule is Cc1[nH]c(C=O)c(C(F)(F)F)c1C(=O)O. The van der Waals surface area contributed by atoms with Crippen LogP contribution in [-0.4, -0.2) is 22.3 Å². The first kappa shape index (κ1) is 11.3. The summed E-state index contributed by atoms with van der Waals surface area (Å²) in [7, 11) is 0. The van der Waals surface area contributed by atoms with Gasteiger partial charge in [0.15, 0.2) is 6.29 Å². The number of aromatic carboxylic acids is 1. The molecule has 0 aliphatic rings. The first-order chi connectivity index (χ1) is 6.79. The standard InChI is InChI=1S/C8H6F3NO3/c1-3-5(7(14)15)6(8(9,10)11)4(2-13)12-3/h2,12H,1H3,(H,14,15). The highest BCUT2D eigenvalue weighted by Crippen LogP contribution is 2.35. The summed E-state index contributed by atoms with van der Waals surface area (Å²) in [6.45, 7) is 1.16. The number of halogens is 3. The molecule has 0 aliphatic heterocycles. The van der Waals surface area contributed by atoms with Gasteiger partial charge in [-0.15, -0.1) is 0 Å². The van der Waals surface area contributed by atoms with E-state index in [4.69, 9.17) is 5.11 Å². The number of carbonyl (C=O) groups excluding carboxylic acids is 1. The molecule has 0 atom stereocenters. The molecule has 0 aromatic carbocycles. The molecule has 4 nitrogen and oxygen atoms in total. The van der Waals surface area contributed by atoms with Crippen LogP contribution in [0.15, 0.2) is 0 Å². The third-order valence-electron chi connectivity index (χ3n) is 1.83. The minimum atomic E-state index is -4.87. The van der Waals surface area contributed by atoms with E-state index < -0.39 is 29.0 Å². The van der Waals surface area contributed by atoms with Crippen molar-refractivity contribution in [2.75, 3.05) is 0 Å². The number of hydrogen-bond acceptors (Lipinski definition) is 2. The largest absolute Gasteiger partial charge is 0.478 e. The number of aryl methyl sites for hydroxylation is 1. The fourth-order valence-electron chi connectivity index (χ4n) is 1.30. The molecule has 0 saturated carbocycles. The maximum Gasteiger partial charge on any atom is 0.419 e. The van der Waals surface area contributed by atoms with Crippen molar-refractivity contribution in [3.05, 3.63) is 22.5 Å². The molecule has 82 valence electrons. The van der Waals surface area contributed by atoms with Crippen molar-refractivity contribution >= 4 is 12.3 Å². The highest BCUT2D eigenvalue weighted by Gasteiger charge is 2.40. The normalized spacial score (nSPS) is 11.5. The summed E-state index contributed by atoms with van der Waals surface area (Å²) in [5.74, 6) is -1.72. The Bertz CT molecular complexity index is 420. The van der Waals surface area contributed by atoms with Crippen LogP contribution in [0.25, 0.3) is 0 Å². The van der Waals surface area contributed by atoms with E-state index in [2.05, 4.69) is 4.98 Å². The molecule has 0 saturated heterocycles. The van der Waals surface area contributed by atoms with Crippen molar-refractivity contribution in [2.45, 2.75) is 13.1 Å². The Balaban J connectivity index is 3.57. The van der Waals surface area contributed by atoms with E-state index in [0.717, 1.165) is 6.92 Å². The number of aromatic nitrogens is 1. The lowest BCUT2D eigenvalue weighted by Crippen LogP contribution is -2.13. The van der Waals surface area contributed by atoms with E-state index in [1.807, 2.05) is 0 Å². The van der Waals surface area contributed by atoms with Gasteiger partial charge in [0, 0.05) is 5.69 Å². The van der Waals surface area contributed by atoms with Crippen LogP contribution in [0.2, 0.25) is 0 Å². The topological polar surface area (TPSA) is 70.2 Å². The molecule has 0 radical (unpaired) electrons. The molecule has 0 unspecified atom stereocenters. The van der Waals surface area contributed by atoms with Crippen LogP contribution < -0.4 is 0 Å².